The zero-order chi connectivity index (χ0) is 11.3. The highest BCUT2D eigenvalue weighted by Gasteiger charge is 2.65. The van der Waals surface area contributed by atoms with Gasteiger partial charge in [-0.3, -0.25) is 9.59 Å². The molecular formula is C12H17NO3. The molecule has 0 saturated heterocycles. The van der Waals surface area contributed by atoms with Crippen LogP contribution in [0.3, 0.4) is 0 Å². The second-order valence-electron chi connectivity index (χ2n) is 5.61. The average Bonchev–Trinajstić information content (AvgIpc) is 3.12. The van der Waals surface area contributed by atoms with E-state index in [0.717, 1.165) is 19.3 Å². The number of carboxylic acid groups (broad SMARTS) is 1. The lowest BCUT2D eigenvalue weighted by Gasteiger charge is -2.17. The highest BCUT2D eigenvalue weighted by molar-refractivity contribution is 5.84. The summed E-state index contributed by atoms with van der Waals surface area (Å²) in [6.45, 7) is 0. The molecule has 1 unspecified atom stereocenters. The van der Waals surface area contributed by atoms with Gasteiger partial charge in [-0.2, -0.15) is 0 Å². The lowest BCUT2D eigenvalue weighted by Crippen LogP contribution is -2.41. The van der Waals surface area contributed by atoms with Gasteiger partial charge < -0.3 is 10.4 Å². The van der Waals surface area contributed by atoms with E-state index in [-0.39, 0.29) is 23.8 Å². The summed E-state index contributed by atoms with van der Waals surface area (Å²) in [5.41, 5.74) is 0.363. The van der Waals surface area contributed by atoms with Crippen LogP contribution in [0, 0.1) is 17.3 Å². The van der Waals surface area contributed by atoms with Gasteiger partial charge in [-0.15, -0.1) is 0 Å². The van der Waals surface area contributed by atoms with Crippen LogP contribution in [-0.2, 0) is 9.59 Å². The first-order valence-corrected chi connectivity index (χ1v) is 6.16. The van der Waals surface area contributed by atoms with Crippen molar-refractivity contribution in [2.75, 3.05) is 0 Å². The minimum atomic E-state index is -0.764. The van der Waals surface area contributed by atoms with Gasteiger partial charge in [-0.1, -0.05) is 6.42 Å². The number of carbonyl (C=O) groups is 2. The van der Waals surface area contributed by atoms with Gasteiger partial charge in [0.1, 0.15) is 0 Å². The Balaban J connectivity index is 1.57. The predicted octanol–water partition coefficient (Wildman–Crippen LogP) is 1.16. The maximum atomic E-state index is 11.9. The maximum Gasteiger partial charge on any atom is 0.308 e. The largest absolute Gasteiger partial charge is 0.481 e. The Hall–Kier alpha value is -1.06. The van der Waals surface area contributed by atoms with E-state index in [1.807, 2.05) is 0 Å². The van der Waals surface area contributed by atoms with Crippen LogP contribution in [0.5, 0.6) is 0 Å². The van der Waals surface area contributed by atoms with Crippen LogP contribution in [0.4, 0.5) is 0 Å². The second-order valence-corrected chi connectivity index (χ2v) is 5.61. The van der Waals surface area contributed by atoms with E-state index < -0.39 is 5.97 Å². The monoisotopic (exact) mass is 223 g/mol. The Labute approximate surface area is 94.4 Å². The molecule has 3 atom stereocenters. The molecule has 1 spiro atoms. The topological polar surface area (TPSA) is 66.4 Å². The van der Waals surface area contributed by atoms with Crippen LogP contribution in [0.25, 0.3) is 0 Å². The number of hydrogen-bond acceptors (Lipinski definition) is 2. The molecule has 0 aromatic heterocycles. The van der Waals surface area contributed by atoms with E-state index >= 15 is 0 Å². The summed E-state index contributed by atoms with van der Waals surface area (Å²) in [5.74, 6) is -0.823. The van der Waals surface area contributed by atoms with Crippen LogP contribution in [0.15, 0.2) is 0 Å². The number of carbonyl (C=O) groups excluding carboxylic acids is 1. The summed E-state index contributed by atoms with van der Waals surface area (Å²) in [7, 11) is 0. The molecule has 3 aliphatic carbocycles. The number of aliphatic carboxylic acids is 1. The fourth-order valence-electron chi connectivity index (χ4n) is 3.14. The molecule has 0 aromatic carbocycles. The normalized spacial score (nSPS) is 38.4. The summed E-state index contributed by atoms with van der Waals surface area (Å²) < 4.78 is 0. The van der Waals surface area contributed by atoms with E-state index in [4.69, 9.17) is 5.11 Å². The van der Waals surface area contributed by atoms with Crippen molar-refractivity contribution in [3.63, 3.8) is 0 Å². The van der Waals surface area contributed by atoms with Crippen LogP contribution in [0.1, 0.15) is 38.5 Å². The Bertz CT molecular complexity index is 348. The Kier molecular flexibility index (Phi) is 2.03. The summed E-state index contributed by atoms with van der Waals surface area (Å²) in [6, 6.07) is -0.124. The first-order chi connectivity index (χ1) is 7.62. The van der Waals surface area contributed by atoms with Gasteiger partial charge in [0.25, 0.3) is 0 Å². The quantitative estimate of drug-likeness (QED) is 0.754. The Morgan fingerprint density at radius 1 is 1.25 bits per heavy atom. The van der Waals surface area contributed by atoms with E-state index in [0.29, 0.717) is 11.8 Å². The van der Waals surface area contributed by atoms with E-state index in [9.17, 15) is 9.59 Å². The van der Waals surface area contributed by atoms with Crippen molar-refractivity contribution in [1.82, 2.24) is 5.32 Å². The molecule has 4 nitrogen and oxygen atoms in total. The lowest BCUT2D eigenvalue weighted by molar-refractivity contribution is -0.142. The number of rotatable bonds is 3. The number of amides is 1. The molecule has 88 valence electrons. The SMILES string of the molecule is O=C(N[C@H]1CCC[C@H]1C(=O)O)C1CC12CC2. The lowest BCUT2D eigenvalue weighted by atomic mass is 10.0. The summed E-state index contributed by atoms with van der Waals surface area (Å²) >= 11 is 0. The molecule has 16 heavy (non-hydrogen) atoms. The minimum absolute atomic E-state index is 0.107. The van der Waals surface area contributed by atoms with Gasteiger partial charge in [-0.05, 0) is 37.5 Å². The zero-order valence-corrected chi connectivity index (χ0v) is 9.24. The minimum Gasteiger partial charge on any atom is -0.481 e. The first kappa shape index (κ1) is 10.1. The van der Waals surface area contributed by atoms with Crippen LogP contribution >= 0.6 is 0 Å². The first-order valence-electron chi connectivity index (χ1n) is 6.16. The fraction of sp³-hybridized carbons (Fsp3) is 0.833. The molecule has 0 radical (unpaired) electrons. The average molecular weight is 223 g/mol. The molecule has 3 aliphatic rings. The third-order valence-electron chi connectivity index (χ3n) is 4.56. The molecule has 0 bridgehead atoms. The van der Waals surface area contributed by atoms with E-state index in [2.05, 4.69) is 5.32 Å². The fourth-order valence-corrected chi connectivity index (χ4v) is 3.14. The van der Waals surface area contributed by atoms with Crippen LogP contribution < -0.4 is 5.32 Å². The molecule has 0 aliphatic heterocycles. The van der Waals surface area contributed by atoms with Crippen molar-refractivity contribution in [3.8, 4) is 0 Å². The molecular weight excluding hydrogens is 206 g/mol. The number of nitrogens with one attached hydrogen (secondary N) is 1. The van der Waals surface area contributed by atoms with Gasteiger partial charge in [0.15, 0.2) is 0 Å². The predicted molar refractivity (Wildman–Crippen MR) is 56.7 cm³/mol. The van der Waals surface area contributed by atoms with Gasteiger partial charge in [0.2, 0.25) is 5.91 Å². The number of carboxylic acids is 1. The molecule has 4 heteroatoms. The zero-order valence-electron chi connectivity index (χ0n) is 9.24. The molecule has 0 heterocycles. The molecule has 1 amide bonds. The van der Waals surface area contributed by atoms with Crippen molar-refractivity contribution in [3.05, 3.63) is 0 Å². The van der Waals surface area contributed by atoms with Crippen LogP contribution in [0.2, 0.25) is 0 Å². The van der Waals surface area contributed by atoms with Gasteiger partial charge in [-0.25, -0.2) is 0 Å². The highest BCUT2D eigenvalue weighted by Crippen LogP contribution is 2.70. The Morgan fingerprint density at radius 3 is 2.56 bits per heavy atom. The third kappa shape index (κ3) is 1.51. The van der Waals surface area contributed by atoms with Crippen molar-refractivity contribution >= 4 is 11.9 Å². The number of hydrogen-bond donors (Lipinski definition) is 2. The van der Waals surface area contributed by atoms with Crippen LogP contribution in [-0.4, -0.2) is 23.0 Å². The van der Waals surface area contributed by atoms with Crippen molar-refractivity contribution in [2.24, 2.45) is 17.3 Å². The second kappa shape index (κ2) is 3.22. The maximum absolute atomic E-state index is 11.9. The van der Waals surface area contributed by atoms with Crippen molar-refractivity contribution in [2.45, 2.75) is 44.6 Å². The van der Waals surface area contributed by atoms with Gasteiger partial charge in [0.05, 0.1) is 5.92 Å². The Morgan fingerprint density at radius 2 is 2.00 bits per heavy atom. The highest BCUT2D eigenvalue weighted by atomic mass is 16.4. The molecule has 3 saturated carbocycles. The molecule has 3 rings (SSSR count). The third-order valence-corrected chi connectivity index (χ3v) is 4.56. The molecule has 0 aromatic rings. The molecule has 3 fully saturated rings. The summed E-state index contributed by atoms with van der Waals surface area (Å²) in [5, 5.41) is 12.0. The van der Waals surface area contributed by atoms with Gasteiger partial charge in [0, 0.05) is 12.0 Å². The standard InChI is InChI=1S/C12H17NO3/c14-10(8-6-12(8)4-5-12)13-9-3-1-2-7(9)11(15)16/h7-9H,1-6H2,(H,13,14)(H,15,16)/t7-,8?,9+/m1/s1. The van der Waals surface area contributed by atoms with E-state index in [1.165, 1.54) is 12.8 Å². The van der Waals surface area contributed by atoms with E-state index in [1.54, 1.807) is 0 Å². The smallest absolute Gasteiger partial charge is 0.308 e. The summed E-state index contributed by atoms with van der Waals surface area (Å²) in [6.07, 6.45) is 5.86. The summed E-state index contributed by atoms with van der Waals surface area (Å²) in [4.78, 5) is 22.8. The molecule has 2 N–H and O–H groups in total. The van der Waals surface area contributed by atoms with Crippen molar-refractivity contribution < 1.29 is 14.7 Å². The van der Waals surface area contributed by atoms with Crippen molar-refractivity contribution in [1.29, 1.82) is 0 Å². The van der Waals surface area contributed by atoms with Gasteiger partial charge >= 0.3 is 5.97 Å².